The first-order chi connectivity index (χ1) is 9.25. The van der Waals surface area contributed by atoms with Gasteiger partial charge in [-0.1, -0.05) is 0 Å². The lowest BCUT2D eigenvalue weighted by Gasteiger charge is -2.14. The van der Waals surface area contributed by atoms with Gasteiger partial charge >= 0.3 is 12.1 Å². The predicted molar refractivity (Wildman–Crippen MR) is 60.3 cm³/mol. The Labute approximate surface area is 112 Å². The fraction of sp³-hybridized carbons (Fsp3) is 0.385. The number of hydrogen-bond donors (Lipinski definition) is 0. The highest BCUT2D eigenvalue weighted by atomic mass is 19.4. The van der Waals surface area contributed by atoms with Gasteiger partial charge in [0, 0.05) is 12.8 Å². The highest BCUT2D eigenvalue weighted by Gasteiger charge is 2.55. The fourth-order valence-corrected chi connectivity index (χ4v) is 2.01. The molecule has 0 atom stereocenters. The van der Waals surface area contributed by atoms with Gasteiger partial charge < -0.3 is 9.58 Å². The molecule has 0 heterocycles. The Balaban J connectivity index is 2.69. The van der Waals surface area contributed by atoms with E-state index in [1.807, 2.05) is 0 Å². The van der Waals surface area contributed by atoms with Crippen LogP contribution >= 0.6 is 0 Å². The number of halogens is 4. The molecule has 1 saturated carbocycles. The maximum Gasteiger partial charge on any atom is 0.419 e. The number of nitrogens with zero attached hydrogens (tertiary/aromatic N) is 1. The molecular formula is C13H9F4NO2. The summed E-state index contributed by atoms with van der Waals surface area (Å²) < 4.78 is 56.1. The molecule has 1 fully saturated rings. The number of methoxy groups -OCH3 is 1. The van der Waals surface area contributed by atoms with Crippen molar-refractivity contribution in [2.24, 2.45) is 0 Å². The van der Waals surface area contributed by atoms with Crippen molar-refractivity contribution >= 4 is 5.97 Å². The average Bonchev–Trinajstić information content (AvgIpc) is 3.17. The first-order valence-electron chi connectivity index (χ1n) is 5.63. The molecule has 0 bridgehead atoms. The molecule has 20 heavy (non-hydrogen) atoms. The van der Waals surface area contributed by atoms with Crippen LogP contribution in [0.1, 0.15) is 34.3 Å². The van der Waals surface area contributed by atoms with Gasteiger partial charge in [-0.15, -0.1) is 0 Å². The van der Waals surface area contributed by atoms with E-state index in [9.17, 15) is 22.4 Å². The van der Waals surface area contributed by atoms with Gasteiger partial charge in [0.25, 0.3) is 5.54 Å². The molecule has 0 unspecified atom stereocenters. The maximum absolute atomic E-state index is 13.5. The molecule has 7 heteroatoms. The molecule has 0 N–H and O–H groups in total. The second-order valence-corrected chi connectivity index (χ2v) is 4.51. The standard InChI is InChI=1S/C13H9F4NO2/c1-18-12(3-4-12)8-6-9(13(15,16)17)10(14)5-7(8)11(19)20-2/h5-6H,3-4H2,2H3. The Kier molecular flexibility index (Phi) is 3.20. The van der Waals surface area contributed by atoms with Crippen LogP contribution in [0.4, 0.5) is 17.6 Å². The Morgan fingerprint density at radius 2 is 2.00 bits per heavy atom. The number of alkyl halides is 3. The van der Waals surface area contributed by atoms with Crippen molar-refractivity contribution in [3.63, 3.8) is 0 Å². The van der Waals surface area contributed by atoms with E-state index in [-0.39, 0.29) is 11.1 Å². The zero-order chi connectivity index (χ0) is 15.1. The molecular weight excluding hydrogens is 278 g/mol. The van der Waals surface area contributed by atoms with Gasteiger partial charge in [0.15, 0.2) is 0 Å². The molecule has 2 rings (SSSR count). The van der Waals surface area contributed by atoms with Crippen molar-refractivity contribution in [1.29, 1.82) is 0 Å². The summed E-state index contributed by atoms with van der Waals surface area (Å²) in [4.78, 5) is 14.8. The minimum atomic E-state index is -4.88. The lowest BCUT2D eigenvalue weighted by atomic mass is 9.95. The summed E-state index contributed by atoms with van der Waals surface area (Å²) in [5.74, 6) is -2.51. The second-order valence-electron chi connectivity index (χ2n) is 4.51. The van der Waals surface area contributed by atoms with Crippen LogP contribution in [0.5, 0.6) is 0 Å². The summed E-state index contributed by atoms with van der Waals surface area (Å²) >= 11 is 0. The normalized spacial score (nSPS) is 16.4. The largest absolute Gasteiger partial charge is 0.465 e. The molecule has 1 aliphatic rings. The average molecular weight is 287 g/mol. The number of rotatable bonds is 2. The predicted octanol–water partition coefficient (Wildman–Crippen LogP) is 3.54. The third kappa shape index (κ3) is 2.22. The third-order valence-electron chi connectivity index (χ3n) is 3.26. The van der Waals surface area contributed by atoms with E-state index in [2.05, 4.69) is 9.58 Å². The van der Waals surface area contributed by atoms with Gasteiger partial charge in [0.2, 0.25) is 0 Å². The molecule has 1 aliphatic carbocycles. The van der Waals surface area contributed by atoms with Gasteiger partial charge in [-0.3, -0.25) is 0 Å². The summed E-state index contributed by atoms with van der Waals surface area (Å²) in [6, 6.07) is 1.04. The van der Waals surface area contributed by atoms with Crippen LogP contribution in [0.15, 0.2) is 12.1 Å². The Morgan fingerprint density at radius 1 is 1.40 bits per heavy atom. The van der Waals surface area contributed by atoms with Crippen LogP contribution in [0.3, 0.4) is 0 Å². The maximum atomic E-state index is 13.5. The molecule has 1 aromatic rings. The zero-order valence-corrected chi connectivity index (χ0v) is 10.3. The lowest BCUT2D eigenvalue weighted by molar-refractivity contribution is -0.140. The van der Waals surface area contributed by atoms with E-state index < -0.39 is 29.1 Å². The van der Waals surface area contributed by atoms with E-state index in [0.29, 0.717) is 25.0 Å². The zero-order valence-electron chi connectivity index (χ0n) is 10.3. The highest BCUT2D eigenvalue weighted by Crippen LogP contribution is 2.52. The van der Waals surface area contributed by atoms with Crippen LogP contribution in [-0.4, -0.2) is 13.1 Å². The third-order valence-corrected chi connectivity index (χ3v) is 3.26. The van der Waals surface area contributed by atoms with Gasteiger partial charge in [-0.2, -0.15) is 13.2 Å². The van der Waals surface area contributed by atoms with Gasteiger partial charge in [0.05, 0.1) is 23.8 Å². The topological polar surface area (TPSA) is 30.7 Å². The number of hydrogen-bond acceptors (Lipinski definition) is 2. The van der Waals surface area contributed by atoms with Crippen LogP contribution in [0, 0.1) is 12.4 Å². The molecule has 1 aromatic carbocycles. The number of carbonyl (C=O) groups is 1. The first-order valence-corrected chi connectivity index (χ1v) is 5.63. The fourth-order valence-electron chi connectivity index (χ4n) is 2.01. The smallest absolute Gasteiger partial charge is 0.419 e. The van der Waals surface area contributed by atoms with Crippen LogP contribution in [0.25, 0.3) is 4.85 Å². The number of ether oxygens (including phenoxy) is 1. The van der Waals surface area contributed by atoms with Crippen molar-refractivity contribution in [2.45, 2.75) is 24.6 Å². The number of carbonyl (C=O) groups excluding carboxylic acids is 1. The van der Waals surface area contributed by atoms with Crippen LogP contribution in [0.2, 0.25) is 0 Å². The van der Waals surface area contributed by atoms with Crippen LogP contribution in [-0.2, 0) is 16.5 Å². The molecule has 0 amide bonds. The first kappa shape index (κ1) is 14.3. The molecule has 106 valence electrons. The summed E-state index contributed by atoms with van der Waals surface area (Å²) in [6.45, 7) is 7.08. The molecule has 0 spiro atoms. The summed E-state index contributed by atoms with van der Waals surface area (Å²) in [5, 5.41) is 0. The van der Waals surface area contributed by atoms with E-state index in [0.717, 1.165) is 7.11 Å². The molecule has 0 aliphatic heterocycles. The highest BCUT2D eigenvalue weighted by molar-refractivity contribution is 5.92. The van der Waals surface area contributed by atoms with E-state index in [4.69, 9.17) is 6.57 Å². The van der Waals surface area contributed by atoms with Crippen molar-refractivity contribution in [3.8, 4) is 0 Å². The monoisotopic (exact) mass is 287 g/mol. The number of benzene rings is 1. The Hall–Kier alpha value is -2.10. The van der Waals surface area contributed by atoms with Gasteiger partial charge in [0.1, 0.15) is 5.82 Å². The Morgan fingerprint density at radius 3 is 2.40 bits per heavy atom. The van der Waals surface area contributed by atoms with Gasteiger partial charge in [-0.25, -0.2) is 15.8 Å². The van der Waals surface area contributed by atoms with Crippen molar-refractivity contribution < 1.29 is 27.1 Å². The SMILES string of the molecule is [C-]#[N+]C1(c2cc(C(F)(F)F)c(F)cc2C(=O)OC)CC1. The molecule has 0 radical (unpaired) electrons. The summed E-state index contributed by atoms with van der Waals surface area (Å²) in [5.41, 5.74) is -3.09. The van der Waals surface area contributed by atoms with E-state index >= 15 is 0 Å². The summed E-state index contributed by atoms with van der Waals surface area (Å²) in [6.07, 6.45) is -4.21. The van der Waals surface area contributed by atoms with Gasteiger partial charge in [-0.05, 0) is 12.1 Å². The molecule has 0 aromatic heterocycles. The van der Waals surface area contributed by atoms with E-state index in [1.54, 1.807) is 0 Å². The van der Waals surface area contributed by atoms with Crippen molar-refractivity contribution in [1.82, 2.24) is 0 Å². The van der Waals surface area contributed by atoms with Crippen molar-refractivity contribution in [2.75, 3.05) is 7.11 Å². The van der Waals surface area contributed by atoms with Crippen LogP contribution < -0.4 is 0 Å². The Bertz CT molecular complexity index is 612. The molecule has 3 nitrogen and oxygen atoms in total. The number of esters is 1. The summed E-state index contributed by atoms with van der Waals surface area (Å²) in [7, 11) is 1.04. The van der Waals surface area contributed by atoms with E-state index in [1.165, 1.54) is 0 Å². The second kappa shape index (κ2) is 4.47. The lowest BCUT2D eigenvalue weighted by Crippen LogP contribution is -2.17. The minimum absolute atomic E-state index is 0.118. The molecule has 0 saturated heterocycles. The quantitative estimate of drug-likeness (QED) is 0.473. The van der Waals surface area contributed by atoms with Crippen molar-refractivity contribution in [3.05, 3.63) is 46.1 Å². The minimum Gasteiger partial charge on any atom is -0.465 e.